The van der Waals surface area contributed by atoms with E-state index >= 15 is 0 Å². The molecule has 0 bridgehead atoms. The van der Waals surface area contributed by atoms with E-state index in [1.807, 2.05) is 0 Å². The normalized spacial score (nSPS) is 25.9. The third-order valence-corrected chi connectivity index (χ3v) is 3.36. The summed E-state index contributed by atoms with van der Waals surface area (Å²) in [6, 6.07) is 8.98. The average molecular weight is 189 g/mol. The zero-order valence-corrected chi connectivity index (χ0v) is 8.87. The molecule has 1 aliphatic carbocycles. The second-order valence-corrected chi connectivity index (χ2v) is 4.52. The molecule has 0 amide bonds. The molecule has 2 N–H and O–H groups in total. The van der Waals surface area contributed by atoms with Crippen molar-refractivity contribution in [2.24, 2.45) is 11.7 Å². The second-order valence-electron chi connectivity index (χ2n) is 4.52. The molecule has 0 saturated heterocycles. The summed E-state index contributed by atoms with van der Waals surface area (Å²) in [4.78, 5) is 0. The first-order chi connectivity index (χ1) is 6.79. The minimum Gasteiger partial charge on any atom is -0.330 e. The number of hydrogen-bond donors (Lipinski definition) is 1. The Labute approximate surface area is 86.3 Å². The van der Waals surface area contributed by atoms with Gasteiger partial charge in [-0.1, -0.05) is 29.8 Å². The molecule has 1 fully saturated rings. The second kappa shape index (κ2) is 4.14. The zero-order valence-electron chi connectivity index (χ0n) is 8.87. The van der Waals surface area contributed by atoms with Crippen molar-refractivity contribution in [1.82, 2.24) is 0 Å². The molecule has 0 aromatic heterocycles. The summed E-state index contributed by atoms with van der Waals surface area (Å²) in [5.74, 6) is 1.71. The summed E-state index contributed by atoms with van der Waals surface area (Å²) in [6.07, 6.45) is 3.91. The lowest BCUT2D eigenvalue weighted by molar-refractivity contribution is 0.251. The third-order valence-electron chi connectivity index (χ3n) is 3.36. The van der Waals surface area contributed by atoms with Crippen LogP contribution < -0.4 is 5.73 Å². The number of hydrogen-bond acceptors (Lipinski definition) is 1. The highest BCUT2D eigenvalue weighted by Gasteiger charge is 2.29. The molecule has 14 heavy (non-hydrogen) atoms. The van der Waals surface area contributed by atoms with Gasteiger partial charge in [0.2, 0.25) is 0 Å². The Morgan fingerprint density at radius 2 is 1.86 bits per heavy atom. The molecule has 1 saturated carbocycles. The fraction of sp³-hybridized carbons (Fsp3) is 0.538. The molecule has 0 aliphatic heterocycles. The lowest BCUT2D eigenvalue weighted by Gasteiger charge is -2.35. The molecular weight excluding hydrogens is 170 g/mol. The van der Waals surface area contributed by atoms with Gasteiger partial charge in [-0.2, -0.15) is 0 Å². The largest absolute Gasteiger partial charge is 0.330 e. The van der Waals surface area contributed by atoms with E-state index in [4.69, 9.17) is 5.73 Å². The summed E-state index contributed by atoms with van der Waals surface area (Å²) in [5.41, 5.74) is 8.41. The fourth-order valence-electron chi connectivity index (χ4n) is 2.32. The first-order valence-electron chi connectivity index (χ1n) is 5.56. The Hall–Kier alpha value is -0.820. The summed E-state index contributed by atoms with van der Waals surface area (Å²) in [6.45, 7) is 2.99. The standard InChI is InChI=1S/C13H19N/c1-10-2-4-12(5-3-10)13-8-11(9-13)6-7-14/h2-5,11,13H,6-9,14H2,1H3. The van der Waals surface area contributed by atoms with Gasteiger partial charge in [0.05, 0.1) is 0 Å². The minimum atomic E-state index is 0.812. The molecule has 1 nitrogen and oxygen atoms in total. The Morgan fingerprint density at radius 3 is 2.43 bits per heavy atom. The first-order valence-corrected chi connectivity index (χ1v) is 5.56. The number of benzene rings is 1. The molecule has 1 aromatic carbocycles. The van der Waals surface area contributed by atoms with Crippen LogP contribution in [-0.2, 0) is 0 Å². The van der Waals surface area contributed by atoms with Crippen LogP contribution in [0.15, 0.2) is 24.3 Å². The van der Waals surface area contributed by atoms with Crippen LogP contribution in [0.25, 0.3) is 0 Å². The first kappa shape index (κ1) is 9.72. The Morgan fingerprint density at radius 1 is 1.21 bits per heavy atom. The van der Waals surface area contributed by atoms with Crippen molar-refractivity contribution in [3.05, 3.63) is 35.4 Å². The fourth-order valence-corrected chi connectivity index (χ4v) is 2.32. The lowest BCUT2D eigenvalue weighted by atomic mass is 9.70. The van der Waals surface area contributed by atoms with Crippen LogP contribution in [0.2, 0.25) is 0 Å². The summed E-state index contributed by atoms with van der Waals surface area (Å²) >= 11 is 0. The maximum absolute atomic E-state index is 5.54. The third kappa shape index (κ3) is 1.98. The Balaban J connectivity index is 1.90. The molecule has 0 atom stereocenters. The van der Waals surface area contributed by atoms with Crippen LogP contribution in [0.1, 0.15) is 36.3 Å². The van der Waals surface area contributed by atoms with Crippen LogP contribution in [0.5, 0.6) is 0 Å². The van der Waals surface area contributed by atoms with Gasteiger partial charge in [-0.05, 0) is 50.1 Å². The highest BCUT2D eigenvalue weighted by Crippen LogP contribution is 2.42. The molecule has 0 spiro atoms. The Kier molecular flexibility index (Phi) is 2.87. The van der Waals surface area contributed by atoms with Gasteiger partial charge >= 0.3 is 0 Å². The molecule has 1 aromatic rings. The van der Waals surface area contributed by atoms with Crippen LogP contribution in [0, 0.1) is 12.8 Å². The van der Waals surface area contributed by atoms with Gasteiger partial charge in [0.15, 0.2) is 0 Å². The van der Waals surface area contributed by atoms with Gasteiger partial charge < -0.3 is 5.73 Å². The van der Waals surface area contributed by atoms with Gasteiger partial charge in [0.1, 0.15) is 0 Å². The summed E-state index contributed by atoms with van der Waals surface area (Å²) < 4.78 is 0. The molecule has 2 rings (SSSR count). The number of rotatable bonds is 3. The van der Waals surface area contributed by atoms with Crippen LogP contribution >= 0.6 is 0 Å². The number of aryl methyl sites for hydroxylation is 1. The highest BCUT2D eigenvalue weighted by atomic mass is 14.5. The molecule has 0 unspecified atom stereocenters. The average Bonchev–Trinajstić information content (AvgIpc) is 2.13. The van der Waals surface area contributed by atoms with Crippen LogP contribution in [0.4, 0.5) is 0 Å². The van der Waals surface area contributed by atoms with Gasteiger partial charge in [0, 0.05) is 0 Å². The molecular formula is C13H19N. The highest BCUT2D eigenvalue weighted by molar-refractivity contribution is 5.26. The maximum atomic E-state index is 5.54. The van der Waals surface area contributed by atoms with Crippen molar-refractivity contribution in [2.45, 2.75) is 32.1 Å². The molecule has 0 radical (unpaired) electrons. The van der Waals surface area contributed by atoms with Crippen molar-refractivity contribution in [1.29, 1.82) is 0 Å². The van der Waals surface area contributed by atoms with Gasteiger partial charge in [-0.25, -0.2) is 0 Å². The van der Waals surface area contributed by atoms with Gasteiger partial charge in [0.25, 0.3) is 0 Å². The molecule has 1 aliphatic rings. The van der Waals surface area contributed by atoms with Crippen molar-refractivity contribution >= 4 is 0 Å². The van der Waals surface area contributed by atoms with Crippen molar-refractivity contribution in [3.8, 4) is 0 Å². The number of nitrogens with two attached hydrogens (primary N) is 1. The monoisotopic (exact) mass is 189 g/mol. The zero-order chi connectivity index (χ0) is 9.97. The smallest absolute Gasteiger partial charge is 0.00746 e. The van der Waals surface area contributed by atoms with Crippen molar-refractivity contribution in [2.75, 3.05) is 6.54 Å². The van der Waals surface area contributed by atoms with Crippen molar-refractivity contribution < 1.29 is 0 Å². The van der Waals surface area contributed by atoms with Crippen molar-refractivity contribution in [3.63, 3.8) is 0 Å². The molecule has 0 heterocycles. The maximum Gasteiger partial charge on any atom is -0.00746 e. The van der Waals surface area contributed by atoms with E-state index in [1.165, 1.54) is 30.4 Å². The lowest BCUT2D eigenvalue weighted by Crippen LogP contribution is -2.24. The van der Waals surface area contributed by atoms with E-state index < -0.39 is 0 Å². The minimum absolute atomic E-state index is 0.812. The van der Waals surface area contributed by atoms with Gasteiger partial charge in [-0.15, -0.1) is 0 Å². The van der Waals surface area contributed by atoms with Crippen LogP contribution in [-0.4, -0.2) is 6.54 Å². The summed E-state index contributed by atoms with van der Waals surface area (Å²) in [7, 11) is 0. The van der Waals surface area contributed by atoms with E-state index in [-0.39, 0.29) is 0 Å². The van der Waals surface area contributed by atoms with E-state index in [9.17, 15) is 0 Å². The van der Waals surface area contributed by atoms with E-state index in [0.717, 1.165) is 18.4 Å². The predicted molar refractivity (Wildman–Crippen MR) is 60.3 cm³/mol. The quantitative estimate of drug-likeness (QED) is 0.777. The van der Waals surface area contributed by atoms with E-state index in [0.29, 0.717) is 0 Å². The van der Waals surface area contributed by atoms with E-state index in [1.54, 1.807) is 0 Å². The topological polar surface area (TPSA) is 26.0 Å². The predicted octanol–water partition coefficient (Wildman–Crippen LogP) is 2.84. The van der Waals surface area contributed by atoms with Gasteiger partial charge in [-0.3, -0.25) is 0 Å². The SMILES string of the molecule is Cc1ccc(C2CC(CCN)C2)cc1. The molecule has 76 valence electrons. The molecule has 1 heteroatoms. The Bertz CT molecular complexity index is 283. The van der Waals surface area contributed by atoms with E-state index in [2.05, 4.69) is 31.2 Å². The van der Waals surface area contributed by atoms with Crippen LogP contribution in [0.3, 0.4) is 0 Å². The summed E-state index contributed by atoms with van der Waals surface area (Å²) in [5, 5.41) is 0.